The maximum Gasteiger partial charge on any atom is 0.224 e. The minimum absolute atomic E-state index is 0. The van der Waals surface area contributed by atoms with E-state index in [0.717, 1.165) is 39.0 Å². The van der Waals surface area contributed by atoms with Gasteiger partial charge >= 0.3 is 0 Å². The number of hydrogen-bond acceptors (Lipinski definition) is 3. The minimum Gasteiger partial charge on any atom is -0.381 e. The highest BCUT2D eigenvalue weighted by atomic mass is 35.5. The molecule has 0 aromatic heterocycles. The summed E-state index contributed by atoms with van der Waals surface area (Å²) in [5.74, 6) is 0.677. The highest BCUT2D eigenvalue weighted by Gasteiger charge is 2.18. The summed E-state index contributed by atoms with van der Waals surface area (Å²) in [5.41, 5.74) is 5.67. The summed E-state index contributed by atoms with van der Waals surface area (Å²) in [6.07, 6.45) is 3.30. The van der Waals surface area contributed by atoms with E-state index in [0.29, 0.717) is 5.92 Å². The summed E-state index contributed by atoms with van der Waals surface area (Å²) in [5, 5.41) is 2.95. The third kappa shape index (κ3) is 6.24. The lowest BCUT2D eigenvalue weighted by molar-refractivity contribution is -0.125. The molecule has 2 atom stereocenters. The standard InChI is InChI=1S/C12H24N2O2.ClH/c1-9(10(2)13)12(15)14-6-3-11-4-7-16-8-5-11;/h9-11H,3-8,13H2,1-2H3,(H,14,15);1H. The maximum atomic E-state index is 11.6. The first kappa shape index (κ1) is 16.7. The molecule has 0 aliphatic carbocycles. The van der Waals surface area contributed by atoms with Crippen molar-refractivity contribution < 1.29 is 9.53 Å². The highest BCUT2D eigenvalue weighted by Crippen LogP contribution is 2.17. The van der Waals surface area contributed by atoms with Crippen LogP contribution in [0.15, 0.2) is 0 Å². The molecule has 0 bridgehead atoms. The number of rotatable bonds is 5. The fourth-order valence-electron chi connectivity index (χ4n) is 1.83. The van der Waals surface area contributed by atoms with Crippen LogP contribution in [0.2, 0.25) is 0 Å². The summed E-state index contributed by atoms with van der Waals surface area (Å²) in [6, 6.07) is -0.0805. The van der Waals surface area contributed by atoms with Gasteiger partial charge in [0.05, 0.1) is 0 Å². The number of halogens is 1. The topological polar surface area (TPSA) is 64.4 Å². The molecule has 0 aromatic rings. The molecule has 0 saturated carbocycles. The number of hydrogen-bond donors (Lipinski definition) is 2. The van der Waals surface area contributed by atoms with Crippen LogP contribution in [-0.4, -0.2) is 31.7 Å². The van der Waals surface area contributed by atoms with Crippen molar-refractivity contribution in [2.24, 2.45) is 17.6 Å². The fraction of sp³-hybridized carbons (Fsp3) is 0.917. The molecule has 0 spiro atoms. The van der Waals surface area contributed by atoms with E-state index in [-0.39, 0.29) is 30.3 Å². The molecule has 2 unspecified atom stereocenters. The van der Waals surface area contributed by atoms with Crippen molar-refractivity contribution in [3.63, 3.8) is 0 Å². The van der Waals surface area contributed by atoms with E-state index in [4.69, 9.17) is 10.5 Å². The second-order valence-electron chi connectivity index (χ2n) is 4.78. The van der Waals surface area contributed by atoms with Gasteiger partial charge in [-0.25, -0.2) is 0 Å². The van der Waals surface area contributed by atoms with Gasteiger partial charge in [0.25, 0.3) is 0 Å². The summed E-state index contributed by atoms with van der Waals surface area (Å²) in [7, 11) is 0. The number of amides is 1. The van der Waals surface area contributed by atoms with E-state index in [1.54, 1.807) is 0 Å². The van der Waals surface area contributed by atoms with E-state index in [2.05, 4.69) is 5.32 Å². The monoisotopic (exact) mass is 264 g/mol. The van der Waals surface area contributed by atoms with Crippen LogP contribution in [0.25, 0.3) is 0 Å². The van der Waals surface area contributed by atoms with Crippen molar-refractivity contribution in [1.82, 2.24) is 5.32 Å². The Morgan fingerprint density at radius 3 is 2.53 bits per heavy atom. The molecule has 5 heteroatoms. The summed E-state index contributed by atoms with van der Waals surface area (Å²) in [4.78, 5) is 11.6. The number of nitrogens with one attached hydrogen (secondary N) is 1. The molecule has 102 valence electrons. The van der Waals surface area contributed by atoms with Crippen molar-refractivity contribution in [3.8, 4) is 0 Å². The zero-order valence-electron chi connectivity index (χ0n) is 10.8. The second kappa shape index (κ2) is 8.72. The van der Waals surface area contributed by atoms with Gasteiger partial charge in [0.2, 0.25) is 5.91 Å². The van der Waals surface area contributed by atoms with Gasteiger partial charge in [0, 0.05) is 31.7 Å². The average Bonchev–Trinajstić information content (AvgIpc) is 2.29. The van der Waals surface area contributed by atoms with Crippen LogP contribution in [0, 0.1) is 11.8 Å². The van der Waals surface area contributed by atoms with Gasteiger partial charge in [-0.05, 0) is 32.1 Å². The first-order chi connectivity index (χ1) is 7.61. The van der Waals surface area contributed by atoms with E-state index in [1.165, 1.54) is 0 Å². The molecule has 1 saturated heterocycles. The van der Waals surface area contributed by atoms with Gasteiger partial charge < -0.3 is 15.8 Å². The van der Waals surface area contributed by atoms with Gasteiger partial charge in [-0.15, -0.1) is 12.4 Å². The Morgan fingerprint density at radius 2 is 2.00 bits per heavy atom. The Hall–Kier alpha value is -0.320. The second-order valence-corrected chi connectivity index (χ2v) is 4.78. The van der Waals surface area contributed by atoms with Crippen LogP contribution < -0.4 is 11.1 Å². The zero-order valence-corrected chi connectivity index (χ0v) is 11.6. The Labute approximate surface area is 110 Å². The number of ether oxygens (including phenoxy) is 1. The first-order valence-electron chi connectivity index (χ1n) is 6.22. The van der Waals surface area contributed by atoms with Crippen LogP contribution in [0.4, 0.5) is 0 Å². The number of nitrogens with two attached hydrogens (primary N) is 1. The van der Waals surface area contributed by atoms with E-state index >= 15 is 0 Å². The SMILES string of the molecule is CC(N)C(C)C(=O)NCCC1CCOCC1.Cl. The normalized spacial score (nSPS) is 20.2. The third-order valence-corrected chi connectivity index (χ3v) is 3.39. The van der Waals surface area contributed by atoms with Crippen LogP contribution in [0.1, 0.15) is 33.1 Å². The predicted octanol–water partition coefficient (Wildman–Crippen LogP) is 1.32. The molecule has 0 aromatic carbocycles. The van der Waals surface area contributed by atoms with Gasteiger partial charge in [0.15, 0.2) is 0 Å². The first-order valence-corrected chi connectivity index (χ1v) is 6.22. The van der Waals surface area contributed by atoms with Crippen molar-refractivity contribution in [2.75, 3.05) is 19.8 Å². The van der Waals surface area contributed by atoms with Crippen LogP contribution in [0.5, 0.6) is 0 Å². The molecular weight excluding hydrogens is 240 g/mol. The van der Waals surface area contributed by atoms with Crippen LogP contribution in [-0.2, 0) is 9.53 Å². The van der Waals surface area contributed by atoms with E-state index in [9.17, 15) is 4.79 Å². The molecule has 1 rings (SSSR count). The Bertz CT molecular complexity index is 219. The average molecular weight is 265 g/mol. The zero-order chi connectivity index (χ0) is 12.0. The molecule has 0 radical (unpaired) electrons. The van der Waals surface area contributed by atoms with Crippen LogP contribution >= 0.6 is 12.4 Å². The lowest BCUT2D eigenvalue weighted by atomic mass is 9.96. The van der Waals surface area contributed by atoms with Crippen LogP contribution in [0.3, 0.4) is 0 Å². The number of carbonyl (C=O) groups is 1. The quantitative estimate of drug-likeness (QED) is 0.787. The summed E-state index contributed by atoms with van der Waals surface area (Å²) in [6.45, 7) is 6.24. The lowest BCUT2D eigenvalue weighted by Gasteiger charge is -2.22. The van der Waals surface area contributed by atoms with Crippen molar-refractivity contribution in [3.05, 3.63) is 0 Å². The summed E-state index contributed by atoms with van der Waals surface area (Å²) >= 11 is 0. The molecule has 3 N–H and O–H groups in total. The molecule has 1 aliphatic rings. The molecule has 1 aliphatic heterocycles. The van der Waals surface area contributed by atoms with Crippen molar-refractivity contribution >= 4 is 18.3 Å². The van der Waals surface area contributed by atoms with E-state index < -0.39 is 0 Å². The van der Waals surface area contributed by atoms with Gasteiger partial charge in [0.1, 0.15) is 0 Å². The molecular formula is C12H25ClN2O2. The molecule has 4 nitrogen and oxygen atoms in total. The number of carbonyl (C=O) groups excluding carboxylic acids is 1. The van der Waals surface area contributed by atoms with Crippen molar-refractivity contribution in [1.29, 1.82) is 0 Å². The molecule has 1 amide bonds. The third-order valence-electron chi connectivity index (χ3n) is 3.39. The maximum absolute atomic E-state index is 11.6. The fourth-order valence-corrected chi connectivity index (χ4v) is 1.83. The lowest BCUT2D eigenvalue weighted by Crippen LogP contribution is -2.39. The minimum atomic E-state index is -0.102. The van der Waals surface area contributed by atoms with Gasteiger partial charge in [-0.2, -0.15) is 0 Å². The van der Waals surface area contributed by atoms with Gasteiger partial charge in [-0.3, -0.25) is 4.79 Å². The Kier molecular flexibility index (Phi) is 8.56. The smallest absolute Gasteiger partial charge is 0.224 e. The largest absolute Gasteiger partial charge is 0.381 e. The predicted molar refractivity (Wildman–Crippen MR) is 71.2 cm³/mol. The Balaban J connectivity index is 0.00000256. The molecule has 1 heterocycles. The van der Waals surface area contributed by atoms with E-state index in [1.807, 2.05) is 13.8 Å². The highest BCUT2D eigenvalue weighted by molar-refractivity contribution is 5.85. The van der Waals surface area contributed by atoms with Crippen molar-refractivity contribution in [2.45, 2.75) is 39.2 Å². The van der Waals surface area contributed by atoms with Gasteiger partial charge in [-0.1, -0.05) is 6.92 Å². The molecule has 17 heavy (non-hydrogen) atoms. The summed E-state index contributed by atoms with van der Waals surface area (Å²) < 4.78 is 5.29. The Morgan fingerprint density at radius 1 is 1.41 bits per heavy atom. The molecule has 1 fully saturated rings.